The summed E-state index contributed by atoms with van der Waals surface area (Å²) in [5.41, 5.74) is 2.79. The highest BCUT2D eigenvalue weighted by atomic mass is 16.2. The lowest BCUT2D eigenvalue weighted by molar-refractivity contribution is -0.130. The molecule has 2 aromatic heterocycles. The summed E-state index contributed by atoms with van der Waals surface area (Å²) < 4.78 is 1.88. The third-order valence-corrected chi connectivity index (χ3v) is 4.19. The molecule has 0 spiro atoms. The predicted molar refractivity (Wildman–Crippen MR) is 83.2 cm³/mol. The second kappa shape index (κ2) is 6.25. The first-order valence-electron chi connectivity index (χ1n) is 7.77. The van der Waals surface area contributed by atoms with Crippen molar-refractivity contribution >= 4 is 5.91 Å². The summed E-state index contributed by atoms with van der Waals surface area (Å²) in [6, 6.07) is 0. The van der Waals surface area contributed by atoms with E-state index in [1.807, 2.05) is 28.2 Å². The monoisotopic (exact) mass is 299 g/mol. The van der Waals surface area contributed by atoms with Gasteiger partial charge >= 0.3 is 0 Å². The lowest BCUT2D eigenvalue weighted by Crippen LogP contribution is -2.37. The van der Waals surface area contributed by atoms with Crippen LogP contribution in [0.2, 0.25) is 0 Å². The van der Waals surface area contributed by atoms with Gasteiger partial charge in [-0.25, -0.2) is 4.98 Å². The Morgan fingerprint density at radius 2 is 2.23 bits per heavy atom. The zero-order chi connectivity index (χ0) is 15.5. The van der Waals surface area contributed by atoms with Gasteiger partial charge in [-0.05, 0) is 19.8 Å². The molecular weight excluding hydrogens is 278 g/mol. The van der Waals surface area contributed by atoms with E-state index in [-0.39, 0.29) is 11.8 Å². The van der Waals surface area contributed by atoms with E-state index < -0.39 is 0 Å². The highest BCUT2D eigenvalue weighted by Crippen LogP contribution is 2.26. The van der Waals surface area contributed by atoms with Crippen LogP contribution in [0.3, 0.4) is 0 Å². The Labute approximate surface area is 130 Å². The maximum atomic E-state index is 11.6. The van der Waals surface area contributed by atoms with Crippen LogP contribution in [0, 0.1) is 0 Å². The number of carbonyl (C=O) groups excluding carboxylic acids is 1. The van der Waals surface area contributed by atoms with E-state index in [0.29, 0.717) is 0 Å². The maximum absolute atomic E-state index is 11.6. The van der Waals surface area contributed by atoms with Gasteiger partial charge in [0.25, 0.3) is 0 Å². The van der Waals surface area contributed by atoms with Crippen molar-refractivity contribution in [1.82, 2.24) is 24.6 Å². The van der Waals surface area contributed by atoms with Gasteiger partial charge in [0.2, 0.25) is 5.91 Å². The van der Waals surface area contributed by atoms with Crippen LogP contribution in [0.15, 0.2) is 24.8 Å². The Morgan fingerprint density at radius 3 is 2.95 bits per heavy atom. The second-order valence-corrected chi connectivity index (χ2v) is 5.72. The van der Waals surface area contributed by atoms with Crippen molar-refractivity contribution in [3.63, 3.8) is 0 Å². The molecule has 1 fully saturated rings. The van der Waals surface area contributed by atoms with Gasteiger partial charge in [-0.2, -0.15) is 5.10 Å². The van der Waals surface area contributed by atoms with Gasteiger partial charge in [0.1, 0.15) is 0 Å². The lowest BCUT2D eigenvalue weighted by atomic mass is 9.95. The molecule has 6 heteroatoms. The van der Waals surface area contributed by atoms with Crippen LogP contribution in [-0.2, 0) is 11.3 Å². The summed E-state index contributed by atoms with van der Waals surface area (Å²) >= 11 is 0. The zero-order valence-corrected chi connectivity index (χ0v) is 13.1. The van der Waals surface area contributed by atoms with E-state index >= 15 is 0 Å². The van der Waals surface area contributed by atoms with Crippen molar-refractivity contribution in [1.29, 1.82) is 0 Å². The van der Waals surface area contributed by atoms with Gasteiger partial charge in [-0.1, -0.05) is 0 Å². The fourth-order valence-electron chi connectivity index (χ4n) is 2.89. The van der Waals surface area contributed by atoms with E-state index in [2.05, 4.69) is 17.0 Å². The van der Waals surface area contributed by atoms with Crippen molar-refractivity contribution in [3.05, 3.63) is 30.5 Å². The largest absolute Gasteiger partial charge is 0.342 e. The number of rotatable bonds is 3. The molecule has 3 heterocycles. The molecule has 0 unspecified atom stereocenters. The second-order valence-electron chi connectivity index (χ2n) is 5.72. The van der Waals surface area contributed by atoms with E-state index in [0.717, 1.165) is 49.4 Å². The van der Waals surface area contributed by atoms with Crippen molar-refractivity contribution in [3.8, 4) is 11.3 Å². The minimum Gasteiger partial charge on any atom is -0.342 e. The van der Waals surface area contributed by atoms with Gasteiger partial charge in [-0.15, -0.1) is 0 Å². The first-order valence-corrected chi connectivity index (χ1v) is 7.77. The molecule has 1 aliphatic heterocycles. The number of nitrogens with zero attached hydrogens (tertiary/aromatic N) is 5. The number of piperidine rings is 1. The highest BCUT2D eigenvalue weighted by Gasteiger charge is 2.24. The quantitative estimate of drug-likeness (QED) is 0.870. The number of hydrogen-bond donors (Lipinski definition) is 0. The van der Waals surface area contributed by atoms with E-state index in [4.69, 9.17) is 4.98 Å². The van der Waals surface area contributed by atoms with Crippen molar-refractivity contribution in [2.24, 2.45) is 0 Å². The molecule has 0 radical (unpaired) electrons. The van der Waals surface area contributed by atoms with Crippen LogP contribution < -0.4 is 0 Å². The van der Waals surface area contributed by atoms with Gasteiger partial charge in [0, 0.05) is 50.4 Å². The highest BCUT2D eigenvalue weighted by molar-refractivity contribution is 5.73. The first-order chi connectivity index (χ1) is 10.7. The topological polar surface area (TPSA) is 63.9 Å². The van der Waals surface area contributed by atoms with Crippen LogP contribution in [0.5, 0.6) is 0 Å². The summed E-state index contributed by atoms with van der Waals surface area (Å²) in [4.78, 5) is 22.6. The molecule has 0 saturated carbocycles. The van der Waals surface area contributed by atoms with E-state index in [1.165, 1.54) is 0 Å². The smallest absolute Gasteiger partial charge is 0.219 e. The summed E-state index contributed by atoms with van der Waals surface area (Å²) in [6.07, 6.45) is 9.46. The van der Waals surface area contributed by atoms with Crippen LogP contribution in [0.1, 0.15) is 38.3 Å². The first kappa shape index (κ1) is 14.7. The van der Waals surface area contributed by atoms with Gasteiger partial charge < -0.3 is 4.90 Å². The summed E-state index contributed by atoms with van der Waals surface area (Å²) in [5, 5.41) is 4.28. The third-order valence-electron chi connectivity index (χ3n) is 4.19. The maximum Gasteiger partial charge on any atom is 0.219 e. The number of likely N-dealkylation sites (tertiary alicyclic amines) is 1. The summed E-state index contributed by atoms with van der Waals surface area (Å²) in [5.74, 6) is 0.407. The van der Waals surface area contributed by atoms with Crippen molar-refractivity contribution in [2.45, 2.75) is 39.2 Å². The average Bonchev–Trinajstić information content (AvgIpc) is 3.04. The minimum absolute atomic E-state index is 0.137. The number of amides is 1. The number of hydrogen-bond acceptors (Lipinski definition) is 4. The van der Waals surface area contributed by atoms with Gasteiger partial charge in [0.05, 0.1) is 23.8 Å². The predicted octanol–water partition coefficient (Wildman–Crippen LogP) is 2.09. The van der Waals surface area contributed by atoms with Crippen LogP contribution in [0.25, 0.3) is 11.3 Å². The molecule has 0 N–H and O–H groups in total. The Hall–Kier alpha value is -2.24. The normalized spacial score (nSPS) is 18.5. The third kappa shape index (κ3) is 3.00. The number of carbonyl (C=O) groups is 1. The molecule has 3 rings (SSSR count). The molecule has 1 atom stereocenters. The molecular formula is C16H21N5O. The minimum atomic E-state index is 0.137. The SMILES string of the molecule is CCn1cc(-c2cncc([C@H]3CCCN(C(C)=O)C3)n2)cn1. The van der Waals surface area contributed by atoms with Crippen LogP contribution in [-0.4, -0.2) is 43.6 Å². The standard InChI is InChI=1S/C16H21N5O/c1-3-21-11-14(7-18-21)16-9-17-8-15(19-16)13-5-4-6-20(10-13)12(2)22/h7-9,11,13H,3-6,10H2,1-2H3/t13-/m0/s1. The molecule has 0 aromatic carbocycles. The molecule has 0 aliphatic carbocycles. The molecule has 1 aliphatic rings. The molecule has 1 saturated heterocycles. The number of aromatic nitrogens is 4. The summed E-state index contributed by atoms with van der Waals surface area (Å²) in [7, 11) is 0. The van der Waals surface area contributed by atoms with E-state index in [1.54, 1.807) is 13.1 Å². The molecule has 0 bridgehead atoms. The van der Waals surface area contributed by atoms with Crippen molar-refractivity contribution < 1.29 is 4.79 Å². The Kier molecular flexibility index (Phi) is 4.18. The fourth-order valence-corrected chi connectivity index (χ4v) is 2.89. The van der Waals surface area contributed by atoms with Crippen molar-refractivity contribution in [2.75, 3.05) is 13.1 Å². The molecule has 1 amide bonds. The van der Waals surface area contributed by atoms with E-state index in [9.17, 15) is 4.79 Å². The molecule has 2 aromatic rings. The summed E-state index contributed by atoms with van der Waals surface area (Å²) in [6.45, 7) is 6.11. The fraction of sp³-hybridized carbons (Fsp3) is 0.500. The van der Waals surface area contributed by atoms with Crippen LogP contribution >= 0.6 is 0 Å². The van der Waals surface area contributed by atoms with Crippen LogP contribution in [0.4, 0.5) is 0 Å². The average molecular weight is 299 g/mol. The Morgan fingerprint density at radius 1 is 1.36 bits per heavy atom. The van der Waals surface area contributed by atoms with Gasteiger partial charge in [-0.3, -0.25) is 14.5 Å². The molecule has 22 heavy (non-hydrogen) atoms. The lowest BCUT2D eigenvalue weighted by Gasteiger charge is -2.31. The zero-order valence-electron chi connectivity index (χ0n) is 13.1. The Balaban J connectivity index is 1.83. The molecule has 116 valence electrons. The molecule has 6 nitrogen and oxygen atoms in total. The Bertz CT molecular complexity index is 666. The number of aryl methyl sites for hydroxylation is 1. The van der Waals surface area contributed by atoms with Gasteiger partial charge in [0.15, 0.2) is 0 Å².